The second-order valence-electron chi connectivity index (χ2n) is 10.7. The largest absolute Gasteiger partial charge is 0.481 e. The van der Waals surface area contributed by atoms with E-state index in [0.29, 0.717) is 24.7 Å². The number of hydrogen-bond donors (Lipinski definition) is 4. The van der Waals surface area contributed by atoms with Crippen LogP contribution in [-0.4, -0.2) is 38.2 Å². The van der Waals surface area contributed by atoms with E-state index in [0.717, 1.165) is 44.1 Å². The number of aliphatic hydroxyl groups excluding tert-OH is 2. The Labute approximate surface area is 166 Å². The molecule has 1 aromatic rings. The van der Waals surface area contributed by atoms with Crippen LogP contribution < -0.4 is 0 Å². The average Bonchev–Trinajstić information content (AvgIpc) is 3.19. The Hall–Kier alpha value is -1.04. The number of aliphatic hydroxyl groups is 3. The lowest BCUT2D eigenvalue weighted by Crippen LogP contribution is -2.66. The van der Waals surface area contributed by atoms with Gasteiger partial charge in [0.15, 0.2) is 0 Å². The van der Waals surface area contributed by atoms with Crippen molar-refractivity contribution in [2.24, 2.45) is 28.6 Å². The molecule has 0 aliphatic heterocycles. The van der Waals surface area contributed by atoms with E-state index in [-0.39, 0.29) is 29.3 Å². The molecule has 4 fully saturated rings. The normalized spacial score (nSPS) is 53.3. The maximum absolute atomic E-state index is 12.1. The van der Waals surface area contributed by atoms with Crippen molar-refractivity contribution >= 4 is 0 Å². The highest BCUT2D eigenvalue weighted by atomic mass is 16.5. The standard InChI is InChI=1S/C23H34O5/c1-21-7-5-15(24)10-14(21)3-4-17-18(21)11-19(25)22(2)16(6-8-23(17,22)27)13-9-20(26)28-12-13/h9,12,14-19,24-27H,3-8,10-11H2,1-2H3/t14-,15+,16-,17-,18+,19-,21+,22+,23+/m1/s1. The number of furan rings is 1. The van der Waals surface area contributed by atoms with Crippen LogP contribution in [0, 0.1) is 28.6 Å². The molecule has 0 amide bonds. The van der Waals surface area contributed by atoms with Gasteiger partial charge in [-0.25, -0.2) is 0 Å². The van der Waals surface area contributed by atoms with Crippen LogP contribution in [0.2, 0.25) is 0 Å². The second kappa shape index (κ2) is 5.99. The third kappa shape index (κ3) is 2.24. The first-order valence-corrected chi connectivity index (χ1v) is 11.1. The van der Waals surface area contributed by atoms with Crippen LogP contribution in [-0.2, 0) is 0 Å². The second-order valence-corrected chi connectivity index (χ2v) is 10.7. The van der Waals surface area contributed by atoms with Gasteiger partial charge in [0, 0.05) is 11.5 Å². The molecular formula is C23H34O5. The Bertz CT molecular complexity index is 760. The molecule has 5 rings (SSSR count). The summed E-state index contributed by atoms with van der Waals surface area (Å²) in [6, 6.07) is 1.64. The van der Waals surface area contributed by atoms with E-state index in [9.17, 15) is 20.4 Å². The summed E-state index contributed by atoms with van der Waals surface area (Å²) in [5.41, 5.74) is -0.570. The third-order valence-electron chi connectivity index (χ3n) is 9.93. The van der Waals surface area contributed by atoms with Crippen LogP contribution in [0.4, 0.5) is 0 Å². The molecule has 0 unspecified atom stereocenters. The zero-order chi connectivity index (χ0) is 19.9. The van der Waals surface area contributed by atoms with Gasteiger partial charge >= 0.3 is 0 Å². The van der Waals surface area contributed by atoms with Gasteiger partial charge in [0.05, 0.1) is 24.1 Å². The van der Waals surface area contributed by atoms with Gasteiger partial charge in [-0.15, -0.1) is 0 Å². The summed E-state index contributed by atoms with van der Waals surface area (Å²) < 4.78 is 5.14. The fourth-order valence-corrected chi connectivity index (χ4v) is 8.24. The Balaban J connectivity index is 1.53. The minimum absolute atomic E-state index is 0.0168. The van der Waals surface area contributed by atoms with Gasteiger partial charge in [-0.2, -0.15) is 0 Å². The topological polar surface area (TPSA) is 94.1 Å². The summed E-state index contributed by atoms with van der Waals surface area (Å²) >= 11 is 0. The molecule has 4 saturated carbocycles. The highest BCUT2D eigenvalue weighted by Gasteiger charge is 2.70. The fourth-order valence-electron chi connectivity index (χ4n) is 8.24. The summed E-state index contributed by atoms with van der Waals surface area (Å²) in [4.78, 5) is 0. The average molecular weight is 391 g/mol. The van der Waals surface area contributed by atoms with Crippen LogP contribution in [0.3, 0.4) is 0 Å². The van der Waals surface area contributed by atoms with E-state index >= 15 is 0 Å². The molecular weight excluding hydrogens is 356 g/mol. The minimum Gasteiger partial charge on any atom is -0.481 e. The molecule has 1 heterocycles. The summed E-state index contributed by atoms with van der Waals surface area (Å²) in [5, 5.41) is 43.4. The molecule has 0 aromatic carbocycles. The Kier molecular flexibility index (Phi) is 4.06. The molecule has 28 heavy (non-hydrogen) atoms. The third-order valence-corrected chi connectivity index (χ3v) is 9.93. The lowest BCUT2D eigenvalue weighted by Gasteiger charge is -2.64. The number of fused-ring (bicyclic) bond motifs is 5. The number of hydrogen-bond acceptors (Lipinski definition) is 5. The highest BCUT2D eigenvalue weighted by molar-refractivity contribution is 5.31. The van der Waals surface area contributed by atoms with E-state index < -0.39 is 17.1 Å². The first-order valence-electron chi connectivity index (χ1n) is 11.1. The van der Waals surface area contributed by atoms with Crippen molar-refractivity contribution in [3.63, 3.8) is 0 Å². The number of aromatic hydroxyl groups is 1. The summed E-state index contributed by atoms with van der Waals surface area (Å²) in [6.45, 7) is 4.40. The van der Waals surface area contributed by atoms with Crippen molar-refractivity contribution in [1.29, 1.82) is 0 Å². The first kappa shape index (κ1) is 19.0. The molecule has 0 bridgehead atoms. The van der Waals surface area contributed by atoms with E-state index in [1.54, 1.807) is 12.3 Å². The van der Waals surface area contributed by atoms with Gasteiger partial charge in [0.1, 0.15) is 0 Å². The van der Waals surface area contributed by atoms with Crippen molar-refractivity contribution in [1.82, 2.24) is 0 Å². The lowest BCUT2D eigenvalue weighted by molar-refractivity contribution is -0.241. The smallest absolute Gasteiger partial charge is 0.281 e. The fraction of sp³-hybridized carbons (Fsp3) is 0.826. The predicted molar refractivity (Wildman–Crippen MR) is 104 cm³/mol. The maximum Gasteiger partial charge on any atom is 0.281 e. The molecule has 5 nitrogen and oxygen atoms in total. The molecule has 0 spiro atoms. The van der Waals surface area contributed by atoms with E-state index in [4.69, 9.17) is 4.42 Å². The Morgan fingerprint density at radius 2 is 1.79 bits per heavy atom. The van der Waals surface area contributed by atoms with Gasteiger partial charge in [0.25, 0.3) is 5.95 Å². The van der Waals surface area contributed by atoms with Gasteiger partial charge in [-0.05, 0) is 86.0 Å². The van der Waals surface area contributed by atoms with Gasteiger partial charge in [0.2, 0.25) is 0 Å². The SMILES string of the molecule is C[C@]12CC[C@H](O)C[C@H]1CC[C@@H]1[C@@H]2C[C@@H](O)[C@]2(C)[C@@H](c3coc(O)c3)CC[C@]12O. The molecule has 4 aliphatic rings. The van der Waals surface area contributed by atoms with Crippen molar-refractivity contribution in [2.45, 2.75) is 88.9 Å². The summed E-state index contributed by atoms with van der Waals surface area (Å²) in [7, 11) is 0. The van der Waals surface area contributed by atoms with Crippen LogP contribution in [0.15, 0.2) is 16.7 Å². The van der Waals surface area contributed by atoms with Crippen molar-refractivity contribution in [2.75, 3.05) is 0 Å². The van der Waals surface area contributed by atoms with Gasteiger partial charge in [-0.3, -0.25) is 0 Å². The molecule has 0 saturated heterocycles. The molecule has 4 N–H and O–H groups in total. The molecule has 0 radical (unpaired) electrons. The predicted octanol–water partition coefficient (Wildman–Crippen LogP) is 3.56. The van der Waals surface area contributed by atoms with Crippen molar-refractivity contribution < 1.29 is 24.8 Å². The zero-order valence-corrected chi connectivity index (χ0v) is 17.0. The lowest BCUT2D eigenvalue weighted by atomic mass is 9.42. The van der Waals surface area contributed by atoms with Crippen LogP contribution in [0.25, 0.3) is 0 Å². The molecule has 9 atom stereocenters. The maximum atomic E-state index is 12.1. The van der Waals surface area contributed by atoms with E-state index in [1.165, 1.54) is 0 Å². The minimum atomic E-state index is -0.906. The van der Waals surface area contributed by atoms with Gasteiger partial charge in [-0.1, -0.05) is 13.8 Å². The Morgan fingerprint density at radius 3 is 2.50 bits per heavy atom. The van der Waals surface area contributed by atoms with Crippen LogP contribution >= 0.6 is 0 Å². The van der Waals surface area contributed by atoms with Crippen molar-refractivity contribution in [3.05, 3.63) is 17.9 Å². The molecule has 4 aliphatic carbocycles. The zero-order valence-electron chi connectivity index (χ0n) is 17.0. The first-order chi connectivity index (χ1) is 13.2. The van der Waals surface area contributed by atoms with Crippen LogP contribution in [0.5, 0.6) is 5.95 Å². The number of rotatable bonds is 1. The van der Waals surface area contributed by atoms with Gasteiger partial charge < -0.3 is 24.8 Å². The molecule has 5 heteroatoms. The quantitative estimate of drug-likeness (QED) is 0.588. The monoisotopic (exact) mass is 390 g/mol. The van der Waals surface area contributed by atoms with Crippen molar-refractivity contribution in [3.8, 4) is 5.95 Å². The molecule has 156 valence electrons. The van der Waals surface area contributed by atoms with Crippen LogP contribution in [0.1, 0.15) is 76.7 Å². The van der Waals surface area contributed by atoms with E-state index in [1.807, 2.05) is 0 Å². The summed E-state index contributed by atoms with van der Waals surface area (Å²) in [5.74, 6) is 0.842. The highest BCUT2D eigenvalue weighted by Crippen LogP contribution is 2.70. The summed E-state index contributed by atoms with van der Waals surface area (Å²) in [6.07, 6.45) is 7.70. The van der Waals surface area contributed by atoms with E-state index in [2.05, 4.69) is 13.8 Å². The molecule has 1 aromatic heterocycles. The Morgan fingerprint density at radius 1 is 1.00 bits per heavy atom.